The van der Waals surface area contributed by atoms with Gasteiger partial charge in [-0.2, -0.15) is 13.2 Å². The predicted molar refractivity (Wildman–Crippen MR) is 214 cm³/mol. The average molecular weight is 880 g/mol. The molecule has 0 radical (unpaired) electrons. The predicted octanol–water partition coefficient (Wildman–Crippen LogP) is 6.33. The van der Waals surface area contributed by atoms with Crippen LogP contribution < -0.4 is 24.8 Å². The maximum atomic E-state index is 17.0. The molecule has 2 aromatic rings. The molecule has 1 saturated heterocycles. The molecule has 5 aliphatic rings. The molecule has 0 unspecified atom stereocenters. The number of carbonyl (C=O) groups is 4. The second kappa shape index (κ2) is 15.6. The lowest BCUT2D eigenvalue weighted by Gasteiger charge is -2.39. The largest absolute Gasteiger partial charge is 0.497 e. The summed E-state index contributed by atoms with van der Waals surface area (Å²) in [7, 11) is -2.65. The molecule has 7 rings (SSSR count). The average Bonchev–Trinajstić information content (AvgIpc) is 4.06. The third-order valence-corrected chi connectivity index (χ3v) is 15.0. The number of amides is 4. The Bertz CT molecular complexity index is 2270. The number of nitrogens with one attached hydrogen (secondary N) is 3. The number of aromatic nitrogens is 1. The van der Waals surface area contributed by atoms with Gasteiger partial charge in [0, 0.05) is 29.7 Å². The fraction of sp³-hybridized carbons (Fsp3) is 0.643. The molecule has 1 spiro atoms. The first kappa shape index (κ1) is 44.4. The summed E-state index contributed by atoms with van der Waals surface area (Å²) in [6, 6.07) is 2.11. The van der Waals surface area contributed by atoms with E-state index in [0.717, 1.165) is 4.90 Å². The third-order valence-electron chi connectivity index (χ3n) is 12.9. The Morgan fingerprint density at radius 2 is 1.80 bits per heavy atom. The monoisotopic (exact) mass is 879 g/mol. The van der Waals surface area contributed by atoms with E-state index in [1.807, 2.05) is 19.9 Å². The van der Waals surface area contributed by atoms with Gasteiger partial charge < -0.3 is 29.7 Å². The molecule has 334 valence electrons. The lowest BCUT2D eigenvalue weighted by molar-refractivity contribution is -0.244. The van der Waals surface area contributed by atoms with Gasteiger partial charge in [0.1, 0.15) is 40.9 Å². The van der Waals surface area contributed by atoms with Crippen LogP contribution in [0, 0.1) is 5.92 Å². The molecular weight excluding hydrogens is 827 g/mol. The smallest absolute Gasteiger partial charge is 0.427 e. The number of rotatable bonds is 7. The lowest BCUT2D eigenvalue weighted by atomic mass is 9.85. The van der Waals surface area contributed by atoms with Crippen LogP contribution in [0.4, 0.5) is 22.4 Å². The molecule has 0 bridgehead atoms. The number of benzene rings is 1. The van der Waals surface area contributed by atoms with Crippen molar-refractivity contribution in [1.29, 1.82) is 0 Å². The third kappa shape index (κ3) is 8.34. The van der Waals surface area contributed by atoms with Crippen LogP contribution in [0.5, 0.6) is 11.5 Å². The van der Waals surface area contributed by atoms with E-state index in [1.54, 1.807) is 24.3 Å². The summed E-state index contributed by atoms with van der Waals surface area (Å²) in [6.45, 7) is 6.17. The van der Waals surface area contributed by atoms with E-state index in [1.165, 1.54) is 14.0 Å². The van der Waals surface area contributed by atoms with Gasteiger partial charge in [0.2, 0.25) is 27.4 Å². The fourth-order valence-corrected chi connectivity index (χ4v) is 9.87. The Morgan fingerprint density at radius 1 is 1.08 bits per heavy atom. The number of carbonyl (C=O) groups excluding carboxylic acids is 4. The number of hydrogen-bond donors (Lipinski definition) is 3. The Labute approximate surface area is 351 Å². The highest BCUT2D eigenvalue weighted by Gasteiger charge is 2.64. The van der Waals surface area contributed by atoms with Gasteiger partial charge in [-0.05, 0) is 83.4 Å². The first-order chi connectivity index (χ1) is 28.5. The maximum absolute atomic E-state index is 17.0. The number of hydrogen-bond acceptors (Lipinski definition) is 10. The van der Waals surface area contributed by atoms with Crippen molar-refractivity contribution in [1.82, 2.24) is 25.2 Å². The van der Waals surface area contributed by atoms with Crippen molar-refractivity contribution in [2.24, 2.45) is 5.92 Å². The Balaban J connectivity index is 1.28. The lowest BCUT2D eigenvalue weighted by Crippen LogP contribution is -2.59. The van der Waals surface area contributed by atoms with Crippen molar-refractivity contribution < 1.29 is 59.4 Å². The van der Waals surface area contributed by atoms with Crippen molar-refractivity contribution in [3.63, 3.8) is 0 Å². The summed E-state index contributed by atoms with van der Waals surface area (Å²) < 4.78 is 103. The fourth-order valence-electron chi connectivity index (χ4n) is 8.56. The minimum absolute atomic E-state index is 0.0435. The molecule has 19 heteroatoms. The van der Waals surface area contributed by atoms with Gasteiger partial charge in [0.05, 0.1) is 29.6 Å². The minimum Gasteiger partial charge on any atom is -0.497 e. The molecule has 6 atom stereocenters. The van der Waals surface area contributed by atoms with Gasteiger partial charge in [-0.1, -0.05) is 38.8 Å². The maximum Gasteiger partial charge on any atom is 0.427 e. The van der Waals surface area contributed by atoms with Crippen LogP contribution in [0.3, 0.4) is 0 Å². The van der Waals surface area contributed by atoms with Gasteiger partial charge in [-0.15, -0.1) is 0 Å². The van der Waals surface area contributed by atoms with Crippen LogP contribution in [-0.2, 0) is 29.1 Å². The second-order valence-corrected chi connectivity index (χ2v) is 20.4. The number of fused-ring (bicyclic) bond motifs is 5. The van der Waals surface area contributed by atoms with Crippen molar-refractivity contribution in [2.45, 2.75) is 151 Å². The summed E-state index contributed by atoms with van der Waals surface area (Å²) in [5.74, 6) is -2.94. The van der Waals surface area contributed by atoms with Gasteiger partial charge in [0.15, 0.2) is 0 Å². The van der Waals surface area contributed by atoms with Crippen LogP contribution in [0.2, 0.25) is 0 Å². The van der Waals surface area contributed by atoms with Crippen LogP contribution in [0.25, 0.3) is 10.9 Å². The summed E-state index contributed by atoms with van der Waals surface area (Å²) in [5.41, 5.74) is -5.04. The summed E-state index contributed by atoms with van der Waals surface area (Å²) in [5, 5.41) is 5.53. The Morgan fingerprint density at radius 3 is 2.46 bits per heavy atom. The highest BCUT2D eigenvalue weighted by Crippen LogP contribution is 2.53. The highest BCUT2D eigenvalue weighted by atomic mass is 32.2. The van der Waals surface area contributed by atoms with Crippen molar-refractivity contribution in [3.05, 3.63) is 41.6 Å². The normalized spacial score (nSPS) is 29.5. The topological polar surface area (TPSA) is 182 Å². The molecule has 3 N–H and O–H groups in total. The number of methoxy groups -OCH3 is 1. The van der Waals surface area contributed by atoms with Crippen LogP contribution >= 0.6 is 0 Å². The summed E-state index contributed by atoms with van der Waals surface area (Å²) >= 11 is 0. The molecular formula is C42H53F4N5O9S. The standard InChI is InChI=1S/C42H53F4N5O9S/c1-23(2)32-33-31(26-18-25(58-6)14-15-28(26)47-32)27(43)20-40(59-33)21-30-34(52)49-41(36(54)50-61(56,57)39(5)16-17-39)19-24(41)12-10-8-7-9-11-13-29(35(53)51(30)22-40)48-37(55)60-38(3,4)42(44,45)46/h10,12,14-15,18,23-24,27,29-30H,7-9,11,13,16-17,19-22H2,1-6H3,(H,48,55)(H,49,52)(H,50,54)/b12-10-/t24-,27-,29+,30+,40-,41-/m1/s1. The summed E-state index contributed by atoms with van der Waals surface area (Å²) in [4.78, 5) is 62.5. The number of allylic oxidation sites excluding steroid dienone is 1. The number of halogens is 4. The first-order valence-electron chi connectivity index (χ1n) is 20.7. The molecule has 4 heterocycles. The van der Waals surface area contributed by atoms with E-state index in [4.69, 9.17) is 19.2 Å². The van der Waals surface area contributed by atoms with Gasteiger partial charge in [0.25, 0.3) is 5.91 Å². The molecule has 61 heavy (non-hydrogen) atoms. The van der Waals surface area contributed by atoms with Crippen LogP contribution in [0.1, 0.15) is 122 Å². The van der Waals surface area contributed by atoms with E-state index >= 15 is 4.39 Å². The van der Waals surface area contributed by atoms with Gasteiger partial charge >= 0.3 is 12.3 Å². The Kier molecular flexibility index (Phi) is 11.3. The van der Waals surface area contributed by atoms with Crippen molar-refractivity contribution in [2.75, 3.05) is 13.7 Å². The van der Waals surface area contributed by atoms with E-state index < -0.39 is 92.2 Å². The molecule has 1 aromatic carbocycles. The highest BCUT2D eigenvalue weighted by molar-refractivity contribution is 7.91. The molecule has 4 amide bonds. The SMILES string of the molecule is COc1ccc2nc(C(C)C)c3c(c2c1)[C@H](F)C[C@]1(C[C@H]2C(=O)N[C@]4(C(=O)NS(=O)(=O)C5(C)CC5)C[C@H]4/C=C\CCCCC[C@H](NC(=O)OC(C)(C)C(F)(F)F)C(=O)N2C1)O3. The van der Waals surface area contributed by atoms with Crippen LogP contribution in [0.15, 0.2) is 30.4 Å². The number of pyridine rings is 1. The molecule has 14 nitrogen and oxygen atoms in total. The molecule has 1 aromatic heterocycles. The van der Waals surface area contributed by atoms with Crippen LogP contribution in [-0.4, -0.2) is 95.5 Å². The van der Waals surface area contributed by atoms with E-state index in [0.29, 0.717) is 74.7 Å². The number of alkyl carbamates (subject to hydrolysis) is 1. The van der Waals surface area contributed by atoms with Crippen molar-refractivity contribution in [3.8, 4) is 11.5 Å². The quantitative estimate of drug-likeness (QED) is 0.210. The first-order valence-corrected chi connectivity index (χ1v) is 22.2. The van der Waals surface area contributed by atoms with Gasteiger partial charge in [-0.3, -0.25) is 19.1 Å². The number of alkyl halides is 4. The van der Waals surface area contributed by atoms with Gasteiger partial charge in [-0.25, -0.2) is 22.6 Å². The van der Waals surface area contributed by atoms with Crippen molar-refractivity contribution >= 4 is 44.7 Å². The number of ether oxygens (including phenoxy) is 3. The Hall–Kier alpha value is -4.68. The number of nitrogens with zero attached hydrogens (tertiary/aromatic N) is 2. The van der Waals surface area contributed by atoms with E-state index in [-0.39, 0.29) is 42.9 Å². The summed E-state index contributed by atoms with van der Waals surface area (Å²) in [6.07, 6.45) is -2.50. The zero-order valence-corrected chi connectivity index (χ0v) is 35.9. The zero-order chi connectivity index (χ0) is 44.5. The van der Waals surface area contributed by atoms with E-state index in [2.05, 4.69) is 15.4 Å². The molecule has 2 saturated carbocycles. The van der Waals surface area contributed by atoms with E-state index in [9.17, 15) is 40.8 Å². The number of sulfonamides is 1. The zero-order valence-electron chi connectivity index (χ0n) is 35.0. The minimum atomic E-state index is -4.94. The molecule has 3 fully saturated rings. The molecule has 3 aliphatic heterocycles. The second-order valence-electron chi connectivity index (χ2n) is 18.2. The molecule has 2 aliphatic carbocycles.